The molecule has 0 aliphatic carbocycles. The van der Waals surface area contributed by atoms with Gasteiger partial charge >= 0.3 is 0 Å². The molecule has 1 radical (unpaired) electrons. The number of hydrogen-bond acceptors (Lipinski definition) is 2. The zero-order chi connectivity index (χ0) is 5.98. The minimum absolute atomic E-state index is 0.144. The highest BCUT2D eigenvalue weighted by Gasteiger charge is 1.98. The van der Waals surface area contributed by atoms with Crippen LogP contribution in [0, 0.1) is 6.07 Å². The highest BCUT2D eigenvalue weighted by molar-refractivity contribution is 5.90. The average molecular weight is 110 g/mol. The third-order valence-corrected chi connectivity index (χ3v) is 0.683. The smallest absolute Gasteiger partial charge is 0.269 e. The summed E-state index contributed by atoms with van der Waals surface area (Å²) in [6.45, 7) is 0. The normalized spacial score (nSPS) is 9.00. The second-order valence-corrected chi connectivity index (χ2v) is 1.24. The summed E-state index contributed by atoms with van der Waals surface area (Å²) in [5.74, 6) is -0.564. The molecule has 1 heterocycles. The van der Waals surface area contributed by atoms with Crippen molar-refractivity contribution in [1.29, 1.82) is 0 Å². The topological polar surface area (TPSA) is 71.8 Å². The number of primary amides is 1. The molecule has 4 heteroatoms. The number of rotatable bonds is 1. The van der Waals surface area contributed by atoms with Crippen molar-refractivity contribution in [3.8, 4) is 0 Å². The summed E-state index contributed by atoms with van der Waals surface area (Å²) in [6, 6.07) is 2.50. The summed E-state index contributed by atoms with van der Waals surface area (Å²) in [6.07, 6.45) is 1.42. The summed E-state index contributed by atoms with van der Waals surface area (Å²) in [5.41, 5.74) is 4.95. The molecule has 1 rings (SSSR count). The van der Waals surface area contributed by atoms with E-state index in [9.17, 15) is 4.79 Å². The standard InChI is InChI=1S/C4H4N3O/c5-4(8)3-1-2-6-7-3/h2H,(H2,5,8)(H,6,7). The van der Waals surface area contributed by atoms with Gasteiger partial charge in [0.05, 0.1) is 0 Å². The van der Waals surface area contributed by atoms with Crippen molar-refractivity contribution in [2.45, 2.75) is 0 Å². The summed E-state index contributed by atoms with van der Waals surface area (Å²) < 4.78 is 0. The Morgan fingerprint density at radius 2 is 2.75 bits per heavy atom. The Labute approximate surface area is 45.7 Å². The van der Waals surface area contributed by atoms with Crippen molar-refractivity contribution in [1.82, 2.24) is 10.2 Å². The molecule has 0 bridgehead atoms. The Balaban J connectivity index is 2.93. The fourth-order valence-corrected chi connectivity index (χ4v) is 0.356. The highest BCUT2D eigenvalue weighted by Crippen LogP contribution is 1.84. The van der Waals surface area contributed by atoms with Gasteiger partial charge in [0.15, 0.2) is 5.69 Å². The van der Waals surface area contributed by atoms with E-state index >= 15 is 0 Å². The third kappa shape index (κ3) is 0.676. The van der Waals surface area contributed by atoms with Crippen LogP contribution in [0.1, 0.15) is 10.5 Å². The van der Waals surface area contributed by atoms with Crippen molar-refractivity contribution in [3.63, 3.8) is 0 Å². The minimum atomic E-state index is -0.564. The van der Waals surface area contributed by atoms with E-state index < -0.39 is 5.91 Å². The molecule has 1 aromatic rings. The van der Waals surface area contributed by atoms with Crippen LogP contribution in [0.4, 0.5) is 0 Å². The van der Waals surface area contributed by atoms with Crippen LogP contribution in [0.25, 0.3) is 0 Å². The van der Waals surface area contributed by atoms with Gasteiger partial charge in [-0.2, -0.15) is 5.10 Å². The lowest BCUT2D eigenvalue weighted by Gasteiger charge is -1.78. The quantitative estimate of drug-likeness (QED) is 0.502. The van der Waals surface area contributed by atoms with E-state index in [4.69, 9.17) is 5.73 Å². The highest BCUT2D eigenvalue weighted by atomic mass is 16.1. The molecule has 4 nitrogen and oxygen atoms in total. The number of H-pyrrole nitrogens is 1. The number of aromatic amines is 1. The molecule has 8 heavy (non-hydrogen) atoms. The number of carbonyl (C=O) groups excluding carboxylic acids is 1. The third-order valence-electron chi connectivity index (χ3n) is 0.683. The van der Waals surface area contributed by atoms with Crippen LogP contribution in [0.3, 0.4) is 0 Å². The Kier molecular flexibility index (Phi) is 0.997. The molecule has 0 fully saturated rings. The van der Waals surface area contributed by atoms with Crippen molar-refractivity contribution >= 4 is 5.91 Å². The lowest BCUT2D eigenvalue weighted by Crippen LogP contribution is -2.11. The number of nitrogens with two attached hydrogens (primary N) is 1. The number of nitrogens with zero attached hydrogens (tertiary/aromatic N) is 1. The van der Waals surface area contributed by atoms with Crippen LogP contribution >= 0.6 is 0 Å². The summed E-state index contributed by atoms with van der Waals surface area (Å²) >= 11 is 0. The number of nitrogens with one attached hydrogen (secondary N) is 1. The molecular formula is C4H4N3O. The molecule has 0 saturated heterocycles. The molecule has 1 amide bonds. The van der Waals surface area contributed by atoms with Gasteiger partial charge in [-0.15, -0.1) is 0 Å². The van der Waals surface area contributed by atoms with Crippen LogP contribution < -0.4 is 5.73 Å². The van der Waals surface area contributed by atoms with Crippen LogP contribution in [-0.2, 0) is 0 Å². The molecule has 0 aliphatic rings. The molecule has 1 aromatic heterocycles. The lowest BCUT2D eigenvalue weighted by atomic mass is 10.4. The largest absolute Gasteiger partial charge is 0.364 e. The number of amides is 1. The molecule has 0 spiro atoms. The molecule has 0 aromatic carbocycles. The Bertz CT molecular complexity index is 179. The fraction of sp³-hybridized carbons (Fsp3) is 0. The van der Waals surface area contributed by atoms with E-state index in [1.165, 1.54) is 6.20 Å². The zero-order valence-corrected chi connectivity index (χ0v) is 4.01. The first-order valence-corrected chi connectivity index (χ1v) is 2.02. The van der Waals surface area contributed by atoms with Crippen molar-refractivity contribution in [2.24, 2.45) is 5.73 Å². The van der Waals surface area contributed by atoms with Crippen molar-refractivity contribution in [3.05, 3.63) is 18.0 Å². The first-order chi connectivity index (χ1) is 3.80. The minimum Gasteiger partial charge on any atom is -0.364 e. The number of carbonyl (C=O) groups is 1. The number of hydrogen-bond donors (Lipinski definition) is 2. The monoisotopic (exact) mass is 110 g/mol. The predicted octanol–water partition coefficient (Wildman–Crippen LogP) is -0.691. The molecule has 0 atom stereocenters. The van der Waals surface area contributed by atoms with E-state index in [-0.39, 0.29) is 5.69 Å². The number of aromatic nitrogens is 2. The van der Waals surface area contributed by atoms with Gasteiger partial charge in [-0.05, 0) is 0 Å². The van der Waals surface area contributed by atoms with E-state index in [0.717, 1.165) is 0 Å². The molecule has 3 N–H and O–H groups in total. The summed E-state index contributed by atoms with van der Waals surface area (Å²) in [4.78, 5) is 10.2. The van der Waals surface area contributed by atoms with Gasteiger partial charge in [-0.25, -0.2) is 0 Å². The van der Waals surface area contributed by atoms with Gasteiger partial charge in [0, 0.05) is 12.3 Å². The molecule has 41 valence electrons. The Hall–Kier alpha value is -1.32. The van der Waals surface area contributed by atoms with Crippen LogP contribution in [0.15, 0.2) is 6.20 Å². The predicted molar refractivity (Wildman–Crippen MR) is 25.9 cm³/mol. The van der Waals surface area contributed by atoms with Gasteiger partial charge < -0.3 is 5.73 Å². The van der Waals surface area contributed by atoms with Gasteiger partial charge in [-0.3, -0.25) is 9.89 Å². The maximum Gasteiger partial charge on any atom is 0.269 e. The molecule has 0 unspecified atom stereocenters. The second kappa shape index (κ2) is 1.65. The summed E-state index contributed by atoms with van der Waals surface area (Å²) in [5, 5.41) is 5.87. The maximum absolute atomic E-state index is 10.2. The molecular weight excluding hydrogens is 106 g/mol. The van der Waals surface area contributed by atoms with Gasteiger partial charge in [0.1, 0.15) is 0 Å². The van der Waals surface area contributed by atoms with Crippen molar-refractivity contribution < 1.29 is 4.79 Å². The van der Waals surface area contributed by atoms with Crippen molar-refractivity contribution in [2.75, 3.05) is 0 Å². The van der Waals surface area contributed by atoms with E-state index in [1.807, 2.05) is 0 Å². The second-order valence-electron chi connectivity index (χ2n) is 1.24. The Morgan fingerprint density at radius 3 is 3.00 bits per heavy atom. The SMILES string of the molecule is NC(=O)c1[c]c[nH]n1. The van der Waals surface area contributed by atoms with Crippen LogP contribution in [-0.4, -0.2) is 16.1 Å². The summed E-state index contributed by atoms with van der Waals surface area (Å²) in [7, 11) is 0. The average Bonchev–Trinajstić information content (AvgIpc) is 2.12. The van der Waals surface area contributed by atoms with Crippen LogP contribution in [0.5, 0.6) is 0 Å². The van der Waals surface area contributed by atoms with Crippen LogP contribution in [0.2, 0.25) is 0 Å². The Morgan fingerprint density at radius 1 is 2.00 bits per heavy atom. The van der Waals surface area contributed by atoms with E-state index in [0.29, 0.717) is 0 Å². The zero-order valence-electron chi connectivity index (χ0n) is 4.01. The lowest BCUT2D eigenvalue weighted by molar-refractivity contribution is 0.0995. The van der Waals surface area contributed by atoms with Gasteiger partial charge in [-0.1, -0.05) is 0 Å². The van der Waals surface area contributed by atoms with Gasteiger partial charge in [0.2, 0.25) is 0 Å². The molecule has 0 saturated carbocycles. The van der Waals surface area contributed by atoms with E-state index in [2.05, 4.69) is 16.3 Å². The molecule has 0 aliphatic heterocycles. The first kappa shape index (κ1) is 4.83. The fourth-order valence-electron chi connectivity index (χ4n) is 0.356. The first-order valence-electron chi connectivity index (χ1n) is 2.02. The van der Waals surface area contributed by atoms with Gasteiger partial charge in [0.25, 0.3) is 5.91 Å². The van der Waals surface area contributed by atoms with E-state index in [1.54, 1.807) is 0 Å². The maximum atomic E-state index is 10.2.